The molecule has 0 radical (unpaired) electrons. The van der Waals surface area contributed by atoms with Gasteiger partial charge in [0, 0.05) is 25.2 Å². The van der Waals surface area contributed by atoms with Gasteiger partial charge in [0.2, 0.25) is 0 Å². The molecule has 10 heteroatoms. The van der Waals surface area contributed by atoms with E-state index in [-0.39, 0.29) is 13.1 Å². The molecular weight excluding hydrogens is 331 g/mol. The van der Waals surface area contributed by atoms with Gasteiger partial charge in [-0.25, -0.2) is 0 Å². The molecule has 0 heterocycles. The van der Waals surface area contributed by atoms with Crippen LogP contribution in [0.1, 0.15) is 25.8 Å². The standard InChI is InChI=1S/C14H16F3N3O4/c1-4-5-18(8-9(2)3)13-11(19(21)22)6-10(14(15,16)17)7-12(13)20(23)24/h6-7H,2,4-5,8H2,1,3H3. The average Bonchev–Trinajstić information content (AvgIpc) is 2.43. The van der Waals surface area contributed by atoms with Gasteiger partial charge in [-0.05, 0) is 13.3 Å². The lowest BCUT2D eigenvalue weighted by molar-refractivity contribution is -0.393. The van der Waals surface area contributed by atoms with Crippen molar-refractivity contribution in [2.24, 2.45) is 0 Å². The number of nitro benzene ring substituents is 2. The van der Waals surface area contributed by atoms with Crippen molar-refractivity contribution < 1.29 is 23.0 Å². The molecule has 0 aromatic heterocycles. The van der Waals surface area contributed by atoms with Gasteiger partial charge in [-0.3, -0.25) is 20.2 Å². The van der Waals surface area contributed by atoms with E-state index in [1.807, 2.05) is 0 Å². The second kappa shape index (κ2) is 7.28. The number of nitro groups is 2. The smallest absolute Gasteiger partial charge is 0.356 e. The molecule has 0 aliphatic carbocycles. The number of rotatable bonds is 7. The van der Waals surface area contributed by atoms with Crippen LogP contribution in [-0.2, 0) is 6.18 Å². The molecule has 0 saturated carbocycles. The number of hydrogen-bond acceptors (Lipinski definition) is 5. The van der Waals surface area contributed by atoms with Gasteiger partial charge in [-0.2, -0.15) is 13.2 Å². The van der Waals surface area contributed by atoms with Crippen LogP contribution >= 0.6 is 0 Å². The number of anilines is 1. The van der Waals surface area contributed by atoms with E-state index in [1.54, 1.807) is 13.8 Å². The fourth-order valence-corrected chi connectivity index (χ4v) is 2.24. The minimum atomic E-state index is -4.93. The van der Waals surface area contributed by atoms with Crippen LogP contribution in [0.25, 0.3) is 0 Å². The Kier molecular flexibility index (Phi) is 5.88. The predicted octanol–water partition coefficient (Wildman–Crippen LogP) is 4.31. The molecule has 0 spiro atoms. The summed E-state index contributed by atoms with van der Waals surface area (Å²) in [4.78, 5) is 21.7. The van der Waals surface area contributed by atoms with Crippen LogP contribution in [0.5, 0.6) is 0 Å². The number of alkyl halides is 3. The van der Waals surface area contributed by atoms with Crippen LogP contribution in [0.15, 0.2) is 24.3 Å². The van der Waals surface area contributed by atoms with Crippen LogP contribution in [0, 0.1) is 20.2 Å². The van der Waals surface area contributed by atoms with E-state index in [2.05, 4.69) is 6.58 Å². The summed E-state index contributed by atoms with van der Waals surface area (Å²) >= 11 is 0. The van der Waals surface area contributed by atoms with E-state index in [1.165, 1.54) is 4.90 Å². The molecule has 1 aromatic carbocycles. The summed E-state index contributed by atoms with van der Waals surface area (Å²) in [5.41, 5.74) is -3.22. The molecule has 1 aromatic rings. The van der Waals surface area contributed by atoms with Crippen molar-refractivity contribution in [1.82, 2.24) is 0 Å². The average molecular weight is 347 g/mol. The third-order valence-electron chi connectivity index (χ3n) is 3.06. The molecule has 0 fully saturated rings. The Labute approximate surface area is 135 Å². The summed E-state index contributed by atoms with van der Waals surface area (Å²) in [7, 11) is 0. The highest BCUT2D eigenvalue weighted by Gasteiger charge is 2.39. The van der Waals surface area contributed by atoms with Gasteiger partial charge < -0.3 is 4.90 Å². The fourth-order valence-electron chi connectivity index (χ4n) is 2.24. The van der Waals surface area contributed by atoms with E-state index >= 15 is 0 Å². The molecular formula is C14H16F3N3O4. The zero-order chi connectivity index (χ0) is 18.7. The third-order valence-corrected chi connectivity index (χ3v) is 3.06. The van der Waals surface area contributed by atoms with Crippen LogP contribution < -0.4 is 4.90 Å². The molecule has 0 N–H and O–H groups in total. The van der Waals surface area contributed by atoms with Crippen LogP contribution in [0.4, 0.5) is 30.2 Å². The molecule has 0 amide bonds. The van der Waals surface area contributed by atoms with Gasteiger partial charge in [-0.1, -0.05) is 19.1 Å². The van der Waals surface area contributed by atoms with Crippen molar-refractivity contribution in [2.75, 3.05) is 18.0 Å². The summed E-state index contributed by atoms with van der Waals surface area (Å²) in [6.07, 6.45) is -4.44. The number of benzene rings is 1. The highest BCUT2D eigenvalue weighted by molar-refractivity contribution is 5.76. The number of halogens is 3. The molecule has 0 atom stereocenters. The maximum Gasteiger partial charge on any atom is 0.416 e. The maximum absolute atomic E-state index is 12.9. The largest absolute Gasteiger partial charge is 0.416 e. The molecule has 0 aliphatic heterocycles. The fraction of sp³-hybridized carbons (Fsp3) is 0.429. The third kappa shape index (κ3) is 4.43. The van der Waals surface area contributed by atoms with Gasteiger partial charge >= 0.3 is 6.18 Å². The van der Waals surface area contributed by atoms with Crippen LogP contribution in [-0.4, -0.2) is 22.9 Å². The van der Waals surface area contributed by atoms with E-state index in [0.717, 1.165) is 0 Å². The highest BCUT2D eigenvalue weighted by Crippen LogP contribution is 2.43. The Morgan fingerprint density at radius 3 is 1.96 bits per heavy atom. The molecule has 7 nitrogen and oxygen atoms in total. The SMILES string of the molecule is C=C(C)CN(CCC)c1c([N+](=O)[O-])cc(C(F)(F)F)cc1[N+](=O)[O-]. The molecule has 0 unspecified atom stereocenters. The number of nitrogens with zero attached hydrogens (tertiary/aromatic N) is 3. The molecule has 24 heavy (non-hydrogen) atoms. The maximum atomic E-state index is 12.9. The molecule has 1 rings (SSSR count). The quantitative estimate of drug-likeness (QED) is 0.416. The van der Waals surface area contributed by atoms with Crippen molar-refractivity contribution in [2.45, 2.75) is 26.4 Å². The summed E-state index contributed by atoms with van der Waals surface area (Å²) in [5.74, 6) is 0. The zero-order valence-corrected chi connectivity index (χ0v) is 13.1. The molecule has 0 saturated heterocycles. The number of hydrogen-bond donors (Lipinski definition) is 0. The first-order valence-corrected chi connectivity index (χ1v) is 6.92. The Morgan fingerprint density at radius 2 is 1.67 bits per heavy atom. The second-order valence-electron chi connectivity index (χ2n) is 5.25. The van der Waals surface area contributed by atoms with Crippen LogP contribution in [0.3, 0.4) is 0 Å². The van der Waals surface area contributed by atoms with Crippen LogP contribution in [0.2, 0.25) is 0 Å². The Hall–Kier alpha value is -2.65. The lowest BCUT2D eigenvalue weighted by Gasteiger charge is -2.24. The van der Waals surface area contributed by atoms with E-state index in [0.29, 0.717) is 24.1 Å². The second-order valence-corrected chi connectivity index (χ2v) is 5.25. The summed E-state index contributed by atoms with van der Waals surface area (Å²) in [6, 6.07) is 0.646. The lowest BCUT2D eigenvalue weighted by atomic mass is 10.1. The highest BCUT2D eigenvalue weighted by atomic mass is 19.4. The zero-order valence-electron chi connectivity index (χ0n) is 13.1. The minimum Gasteiger partial charge on any atom is -0.356 e. The lowest BCUT2D eigenvalue weighted by Crippen LogP contribution is -2.27. The van der Waals surface area contributed by atoms with E-state index in [4.69, 9.17) is 0 Å². The first kappa shape index (κ1) is 19.4. The topological polar surface area (TPSA) is 89.5 Å². The van der Waals surface area contributed by atoms with Crippen molar-refractivity contribution in [3.63, 3.8) is 0 Å². The predicted molar refractivity (Wildman–Crippen MR) is 82.1 cm³/mol. The van der Waals surface area contributed by atoms with Gasteiger partial charge in [-0.15, -0.1) is 0 Å². The van der Waals surface area contributed by atoms with Gasteiger partial charge in [0.1, 0.15) is 0 Å². The Balaban J connectivity index is 3.74. The summed E-state index contributed by atoms with van der Waals surface area (Å²) in [5, 5.41) is 22.5. The first-order chi connectivity index (χ1) is 11.0. The van der Waals surface area contributed by atoms with Crippen molar-refractivity contribution in [1.29, 1.82) is 0 Å². The normalized spacial score (nSPS) is 11.2. The van der Waals surface area contributed by atoms with Gasteiger partial charge in [0.25, 0.3) is 11.4 Å². The van der Waals surface area contributed by atoms with Crippen molar-refractivity contribution in [3.8, 4) is 0 Å². The monoisotopic (exact) mass is 347 g/mol. The Morgan fingerprint density at radius 1 is 1.21 bits per heavy atom. The summed E-state index contributed by atoms with van der Waals surface area (Å²) in [6.45, 7) is 7.26. The van der Waals surface area contributed by atoms with Crippen molar-refractivity contribution in [3.05, 3.63) is 50.1 Å². The van der Waals surface area contributed by atoms with Gasteiger partial charge in [0.05, 0.1) is 15.4 Å². The Bertz CT molecular complexity index is 639. The first-order valence-electron chi connectivity index (χ1n) is 6.92. The van der Waals surface area contributed by atoms with E-state index < -0.39 is 38.6 Å². The summed E-state index contributed by atoms with van der Waals surface area (Å²) < 4.78 is 38.7. The minimum absolute atomic E-state index is 0.0564. The van der Waals surface area contributed by atoms with Crippen molar-refractivity contribution >= 4 is 17.1 Å². The molecule has 0 bridgehead atoms. The molecule has 132 valence electrons. The molecule has 0 aliphatic rings. The van der Waals surface area contributed by atoms with Gasteiger partial charge in [0.15, 0.2) is 5.69 Å². The van der Waals surface area contributed by atoms with E-state index in [9.17, 15) is 33.4 Å².